The summed E-state index contributed by atoms with van der Waals surface area (Å²) < 4.78 is 13.9. The van der Waals surface area contributed by atoms with Crippen molar-refractivity contribution >= 4 is 44.8 Å². The Balaban J connectivity index is 1.44. The van der Waals surface area contributed by atoms with Crippen LogP contribution in [0.2, 0.25) is 5.02 Å². The van der Waals surface area contributed by atoms with Crippen LogP contribution in [0.5, 0.6) is 0 Å². The third-order valence-electron chi connectivity index (χ3n) is 5.34. The van der Waals surface area contributed by atoms with Gasteiger partial charge in [0.2, 0.25) is 5.95 Å². The number of aromatic amines is 1. The number of nitrogens with one attached hydrogen (secondary N) is 1. The van der Waals surface area contributed by atoms with Crippen LogP contribution in [0.3, 0.4) is 0 Å². The molecule has 5 nitrogen and oxygen atoms in total. The maximum Gasteiger partial charge on any atom is 0.270 e. The molecule has 0 radical (unpaired) electrons. The number of piperazine rings is 1. The van der Waals surface area contributed by atoms with Gasteiger partial charge in [0, 0.05) is 37.1 Å². The SMILES string of the molecule is O=c1[nH]c(N2CCN(c3ccccc3Cl)CC2)nc2c(-c3ccc(F)cc3)csc12. The summed E-state index contributed by atoms with van der Waals surface area (Å²) in [6, 6.07) is 14.1. The minimum Gasteiger partial charge on any atom is -0.367 e. The molecule has 0 saturated carbocycles. The molecule has 1 N–H and O–H groups in total. The lowest BCUT2D eigenvalue weighted by atomic mass is 10.1. The Bertz CT molecular complexity index is 1260. The molecular formula is C22H18ClFN4OS. The zero-order valence-corrected chi connectivity index (χ0v) is 17.5. The summed E-state index contributed by atoms with van der Waals surface area (Å²) in [5.74, 6) is 0.272. The summed E-state index contributed by atoms with van der Waals surface area (Å²) in [6.45, 7) is 2.99. The fraction of sp³-hybridized carbons (Fsp3) is 0.182. The number of benzene rings is 2. The summed E-state index contributed by atoms with van der Waals surface area (Å²) in [4.78, 5) is 24.7. The van der Waals surface area contributed by atoms with Crippen LogP contribution in [0.1, 0.15) is 0 Å². The van der Waals surface area contributed by atoms with Crippen molar-refractivity contribution in [1.82, 2.24) is 9.97 Å². The van der Waals surface area contributed by atoms with Gasteiger partial charge in [0.05, 0.1) is 16.2 Å². The second-order valence-corrected chi connectivity index (χ2v) is 8.44. The highest BCUT2D eigenvalue weighted by atomic mass is 35.5. The third kappa shape index (κ3) is 3.44. The number of rotatable bonds is 3. The predicted octanol–water partition coefficient (Wildman–Crippen LogP) is 4.77. The second kappa shape index (κ2) is 7.74. The van der Waals surface area contributed by atoms with Crippen molar-refractivity contribution in [3.05, 3.63) is 75.1 Å². The predicted molar refractivity (Wildman–Crippen MR) is 122 cm³/mol. The number of fused-ring (bicyclic) bond motifs is 1. The van der Waals surface area contributed by atoms with Crippen LogP contribution in [-0.4, -0.2) is 36.1 Å². The van der Waals surface area contributed by atoms with Crippen molar-refractivity contribution < 1.29 is 4.39 Å². The lowest BCUT2D eigenvalue weighted by molar-refractivity contribution is 0.628. The molecule has 1 aliphatic rings. The van der Waals surface area contributed by atoms with E-state index in [9.17, 15) is 9.18 Å². The first-order chi connectivity index (χ1) is 14.6. The lowest BCUT2D eigenvalue weighted by Gasteiger charge is -2.36. The molecule has 0 bridgehead atoms. The van der Waals surface area contributed by atoms with Crippen molar-refractivity contribution in [3.8, 4) is 11.1 Å². The summed E-state index contributed by atoms with van der Waals surface area (Å²) >= 11 is 7.69. The van der Waals surface area contributed by atoms with E-state index in [0.29, 0.717) is 16.2 Å². The molecule has 30 heavy (non-hydrogen) atoms. The number of nitrogens with zero attached hydrogens (tertiary/aromatic N) is 3. The van der Waals surface area contributed by atoms with Gasteiger partial charge in [0.15, 0.2) is 0 Å². The topological polar surface area (TPSA) is 52.2 Å². The number of hydrogen-bond acceptors (Lipinski definition) is 5. The highest BCUT2D eigenvalue weighted by Gasteiger charge is 2.22. The standard InChI is InChI=1S/C22H18ClFN4OS/c23-17-3-1-2-4-18(17)27-9-11-28(12-10-27)22-25-19-16(13-30-20(19)21(29)26-22)14-5-7-15(24)8-6-14/h1-8,13H,9-12H2,(H,25,26,29). The molecule has 0 amide bonds. The maximum atomic E-state index is 13.3. The average Bonchev–Trinajstić information content (AvgIpc) is 3.19. The normalized spacial score (nSPS) is 14.5. The molecule has 4 aromatic rings. The molecule has 1 saturated heterocycles. The van der Waals surface area contributed by atoms with E-state index in [1.165, 1.54) is 23.5 Å². The zero-order chi connectivity index (χ0) is 20.7. The molecule has 3 heterocycles. The molecular weight excluding hydrogens is 423 g/mol. The number of thiophene rings is 1. The van der Waals surface area contributed by atoms with Gasteiger partial charge in [-0.3, -0.25) is 9.78 Å². The van der Waals surface area contributed by atoms with E-state index in [1.807, 2.05) is 29.6 Å². The van der Waals surface area contributed by atoms with Crippen molar-refractivity contribution in [3.63, 3.8) is 0 Å². The molecule has 0 aliphatic carbocycles. The fourth-order valence-electron chi connectivity index (χ4n) is 3.77. The highest BCUT2D eigenvalue weighted by Crippen LogP contribution is 2.32. The Labute approximate surface area is 181 Å². The number of halogens is 2. The van der Waals surface area contributed by atoms with E-state index in [1.54, 1.807) is 12.1 Å². The fourth-order valence-corrected chi connectivity index (χ4v) is 4.93. The minimum atomic E-state index is -0.291. The van der Waals surface area contributed by atoms with E-state index in [2.05, 4.69) is 14.8 Å². The Kier molecular flexibility index (Phi) is 4.92. The van der Waals surface area contributed by atoms with Crippen LogP contribution in [0, 0.1) is 5.82 Å². The average molecular weight is 441 g/mol. The Hall–Kier alpha value is -2.90. The van der Waals surface area contributed by atoms with E-state index >= 15 is 0 Å². The molecule has 5 rings (SSSR count). The zero-order valence-electron chi connectivity index (χ0n) is 15.9. The van der Waals surface area contributed by atoms with Gasteiger partial charge in [-0.15, -0.1) is 11.3 Å². The van der Waals surface area contributed by atoms with Gasteiger partial charge >= 0.3 is 0 Å². The van der Waals surface area contributed by atoms with Gasteiger partial charge in [-0.25, -0.2) is 9.37 Å². The van der Waals surface area contributed by atoms with Crippen molar-refractivity contribution in [1.29, 1.82) is 0 Å². The van der Waals surface area contributed by atoms with E-state index in [-0.39, 0.29) is 11.4 Å². The maximum absolute atomic E-state index is 13.3. The smallest absolute Gasteiger partial charge is 0.270 e. The first-order valence-electron chi connectivity index (χ1n) is 9.62. The lowest BCUT2D eigenvalue weighted by Crippen LogP contribution is -2.47. The molecule has 2 aromatic heterocycles. The molecule has 8 heteroatoms. The summed E-state index contributed by atoms with van der Waals surface area (Å²) in [5, 5.41) is 2.64. The Morgan fingerprint density at radius 2 is 1.70 bits per heavy atom. The van der Waals surface area contributed by atoms with Crippen molar-refractivity contribution in [2.75, 3.05) is 36.0 Å². The molecule has 0 spiro atoms. The minimum absolute atomic E-state index is 0.151. The molecule has 0 unspecified atom stereocenters. The van der Waals surface area contributed by atoms with Crippen molar-refractivity contribution in [2.45, 2.75) is 0 Å². The van der Waals surface area contributed by atoms with Gasteiger partial charge in [-0.1, -0.05) is 35.9 Å². The summed E-state index contributed by atoms with van der Waals surface area (Å²) in [5.41, 5.74) is 3.21. The monoisotopic (exact) mass is 440 g/mol. The number of aromatic nitrogens is 2. The molecule has 0 atom stereocenters. The van der Waals surface area contributed by atoms with E-state index in [4.69, 9.17) is 16.6 Å². The summed E-state index contributed by atoms with van der Waals surface area (Å²) in [7, 11) is 0. The second-order valence-electron chi connectivity index (χ2n) is 7.15. The number of hydrogen-bond donors (Lipinski definition) is 1. The first-order valence-corrected chi connectivity index (χ1v) is 10.9. The van der Waals surface area contributed by atoms with Crippen LogP contribution >= 0.6 is 22.9 Å². The number of para-hydroxylation sites is 1. The van der Waals surface area contributed by atoms with Gasteiger partial charge < -0.3 is 9.80 Å². The quantitative estimate of drug-likeness (QED) is 0.498. The largest absolute Gasteiger partial charge is 0.367 e. The van der Waals surface area contributed by atoms with E-state index in [0.717, 1.165) is 48.0 Å². The Morgan fingerprint density at radius 1 is 1.00 bits per heavy atom. The molecule has 1 fully saturated rings. The van der Waals surface area contributed by atoms with Crippen LogP contribution in [0.25, 0.3) is 21.3 Å². The highest BCUT2D eigenvalue weighted by molar-refractivity contribution is 7.17. The molecule has 1 aliphatic heterocycles. The molecule has 152 valence electrons. The number of anilines is 2. The van der Waals surface area contributed by atoms with Crippen LogP contribution in [0.4, 0.5) is 16.0 Å². The summed E-state index contributed by atoms with van der Waals surface area (Å²) in [6.07, 6.45) is 0. The van der Waals surface area contributed by atoms with Crippen molar-refractivity contribution in [2.24, 2.45) is 0 Å². The van der Waals surface area contributed by atoms with Gasteiger partial charge in [0.25, 0.3) is 5.56 Å². The Morgan fingerprint density at radius 3 is 2.43 bits per heavy atom. The van der Waals surface area contributed by atoms with E-state index < -0.39 is 0 Å². The van der Waals surface area contributed by atoms with Crippen LogP contribution in [0.15, 0.2) is 58.7 Å². The van der Waals surface area contributed by atoms with Gasteiger partial charge in [0.1, 0.15) is 10.5 Å². The third-order valence-corrected chi connectivity index (χ3v) is 6.63. The van der Waals surface area contributed by atoms with Gasteiger partial charge in [-0.2, -0.15) is 0 Å². The first kappa shape index (κ1) is 19.1. The van der Waals surface area contributed by atoms with Gasteiger partial charge in [-0.05, 0) is 29.8 Å². The van der Waals surface area contributed by atoms with Crippen LogP contribution in [-0.2, 0) is 0 Å². The van der Waals surface area contributed by atoms with Crippen LogP contribution < -0.4 is 15.4 Å². The molecule has 2 aromatic carbocycles. The number of H-pyrrole nitrogens is 1.